The van der Waals surface area contributed by atoms with Gasteiger partial charge >= 0.3 is 0 Å². The van der Waals surface area contributed by atoms with Gasteiger partial charge in [0.25, 0.3) is 0 Å². The zero-order valence-corrected chi connectivity index (χ0v) is 11.5. The van der Waals surface area contributed by atoms with E-state index in [4.69, 9.17) is 4.74 Å². The number of hydrogen-bond donors (Lipinski definition) is 1. The Bertz CT molecular complexity index is 595. The number of ether oxygens (including phenoxy) is 1. The van der Waals surface area contributed by atoms with E-state index in [0.29, 0.717) is 0 Å². The zero-order valence-electron chi connectivity index (χ0n) is 10.7. The van der Waals surface area contributed by atoms with E-state index in [2.05, 4.69) is 23.7 Å². The highest BCUT2D eigenvalue weighted by atomic mass is 32.2. The van der Waals surface area contributed by atoms with Crippen LogP contribution in [0.2, 0.25) is 0 Å². The van der Waals surface area contributed by atoms with Crippen LogP contribution in [0, 0.1) is 0 Å². The van der Waals surface area contributed by atoms with Crippen LogP contribution < -0.4 is 10.1 Å². The minimum Gasteiger partial charge on any atom is -0.457 e. The Hall–Kier alpha value is -1.87. The zero-order chi connectivity index (χ0) is 13.1. The second-order valence-electron chi connectivity index (χ2n) is 4.41. The van der Waals surface area contributed by atoms with Crippen molar-refractivity contribution < 1.29 is 4.74 Å². The van der Waals surface area contributed by atoms with E-state index in [1.807, 2.05) is 48.5 Å². The lowest BCUT2D eigenvalue weighted by Gasteiger charge is -2.16. The van der Waals surface area contributed by atoms with Crippen molar-refractivity contribution >= 4 is 11.8 Å². The summed E-state index contributed by atoms with van der Waals surface area (Å²) in [5.74, 6) is 1.77. The summed E-state index contributed by atoms with van der Waals surface area (Å²) in [6, 6.07) is 18.0. The number of nitrogens with one attached hydrogen (secondary N) is 1. The van der Waals surface area contributed by atoms with E-state index in [0.717, 1.165) is 11.5 Å². The third kappa shape index (κ3) is 2.76. The summed E-state index contributed by atoms with van der Waals surface area (Å²) in [7, 11) is 0. The van der Waals surface area contributed by atoms with Crippen LogP contribution in [0.1, 0.15) is 17.9 Å². The van der Waals surface area contributed by atoms with Crippen LogP contribution in [0.5, 0.6) is 11.5 Å². The second-order valence-corrected chi connectivity index (χ2v) is 5.39. The van der Waals surface area contributed by atoms with Crippen LogP contribution in [0.15, 0.2) is 65.7 Å². The van der Waals surface area contributed by atoms with E-state index in [-0.39, 0.29) is 5.37 Å². The van der Waals surface area contributed by atoms with Gasteiger partial charge in [-0.3, -0.25) is 0 Å². The lowest BCUT2D eigenvalue weighted by Crippen LogP contribution is -2.11. The summed E-state index contributed by atoms with van der Waals surface area (Å²) in [4.78, 5) is 0. The number of benzene rings is 2. The van der Waals surface area contributed by atoms with Crippen LogP contribution in [0.3, 0.4) is 0 Å². The molecule has 2 aromatic rings. The van der Waals surface area contributed by atoms with Crippen molar-refractivity contribution in [1.29, 1.82) is 0 Å². The van der Waals surface area contributed by atoms with Gasteiger partial charge in [-0.25, -0.2) is 0 Å². The molecule has 1 heterocycles. The van der Waals surface area contributed by atoms with Crippen molar-refractivity contribution in [3.8, 4) is 11.5 Å². The molecule has 0 aromatic heterocycles. The monoisotopic (exact) mass is 269 g/mol. The van der Waals surface area contributed by atoms with Crippen molar-refractivity contribution in [3.05, 3.63) is 71.3 Å². The Balaban J connectivity index is 1.86. The fourth-order valence-electron chi connectivity index (χ4n) is 2.00. The lowest BCUT2D eigenvalue weighted by molar-refractivity contribution is 0.474. The van der Waals surface area contributed by atoms with Crippen molar-refractivity contribution in [2.24, 2.45) is 0 Å². The van der Waals surface area contributed by atoms with Gasteiger partial charge in [0.05, 0.1) is 0 Å². The molecule has 2 nitrogen and oxygen atoms in total. The van der Waals surface area contributed by atoms with E-state index in [1.54, 1.807) is 11.8 Å². The number of para-hydroxylation sites is 2. The van der Waals surface area contributed by atoms with Gasteiger partial charge in [0, 0.05) is 11.3 Å². The van der Waals surface area contributed by atoms with Gasteiger partial charge in [0.2, 0.25) is 0 Å². The maximum Gasteiger partial charge on any atom is 0.133 e. The van der Waals surface area contributed by atoms with Gasteiger partial charge in [-0.05, 0) is 30.5 Å². The molecule has 0 saturated heterocycles. The average Bonchev–Trinajstić information content (AvgIpc) is 2.87. The van der Waals surface area contributed by atoms with Crippen molar-refractivity contribution in [3.63, 3.8) is 0 Å². The van der Waals surface area contributed by atoms with Crippen LogP contribution in [-0.2, 0) is 0 Å². The molecule has 3 rings (SSSR count). The van der Waals surface area contributed by atoms with Gasteiger partial charge in [-0.1, -0.05) is 36.4 Å². The summed E-state index contributed by atoms with van der Waals surface area (Å²) in [6.07, 6.45) is 0. The molecule has 3 heteroatoms. The second kappa shape index (κ2) is 5.41. The highest BCUT2D eigenvalue weighted by Gasteiger charge is 2.19. The van der Waals surface area contributed by atoms with E-state index < -0.39 is 0 Å². The number of allylic oxidation sites excluding steroid dienone is 1. The number of hydrogen-bond acceptors (Lipinski definition) is 3. The molecule has 0 amide bonds. The predicted molar refractivity (Wildman–Crippen MR) is 80.2 cm³/mol. The molecule has 0 aliphatic carbocycles. The van der Waals surface area contributed by atoms with Crippen LogP contribution in [0.4, 0.5) is 0 Å². The summed E-state index contributed by atoms with van der Waals surface area (Å²) in [5, 5.41) is 5.82. The number of thioether (sulfide) groups is 1. The van der Waals surface area contributed by atoms with Crippen LogP contribution in [-0.4, -0.2) is 0 Å². The summed E-state index contributed by atoms with van der Waals surface area (Å²) < 4.78 is 5.98. The number of rotatable bonds is 3. The lowest BCUT2D eigenvalue weighted by atomic mass is 10.2. The molecule has 2 aromatic carbocycles. The van der Waals surface area contributed by atoms with E-state index >= 15 is 0 Å². The Morgan fingerprint density at radius 2 is 1.74 bits per heavy atom. The van der Waals surface area contributed by atoms with Gasteiger partial charge in [0.15, 0.2) is 0 Å². The topological polar surface area (TPSA) is 21.3 Å². The fourth-order valence-corrected chi connectivity index (χ4v) is 3.01. The first-order chi connectivity index (χ1) is 9.33. The molecule has 0 fully saturated rings. The van der Waals surface area contributed by atoms with Gasteiger partial charge < -0.3 is 10.1 Å². The molecular weight excluding hydrogens is 254 g/mol. The smallest absolute Gasteiger partial charge is 0.133 e. The van der Waals surface area contributed by atoms with Crippen LogP contribution >= 0.6 is 11.8 Å². The molecule has 1 aliphatic heterocycles. The van der Waals surface area contributed by atoms with Gasteiger partial charge in [-0.15, -0.1) is 11.8 Å². The summed E-state index contributed by atoms with van der Waals surface area (Å²) >= 11 is 1.78. The minimum atomic E-state index is 0.236. The van der Waals surface area contributed by atoms with Crippen LogP contribution in [0.25, 0.3) is 0 Å². The molecule has 1 aliphatic rings. The maximum atomic E-state index is 5.98. The largest absolute Gasteiger partial charge is 0.457 e. The highest BCUT2D eigenvalue weighted by molar-refractivity contribution is 8.02. The fraction of sp³-hybridized carbons (Fsp3) is 0.125. The molecule has 96 valence electrons. The third-order valence-electron chi connectivity index (χ3n) is 2.91. The van der Waals surface area contributed by atoms with Crippen molar-refractivity contribution in [1.82, 2.24) is 5.32 Å². The van der Waals surface area contributed by atoms with Gasteiger partial charge in [0.1, 0.15) is 16.9 Å². The normalized spacial score (nSPS) is 17.7. The van der Waals surface area contributed by atoms with Crippen molar-refractivity contribution in [2.75, 3.05) is 0 Å². The molecular formula is C16H15NOS. The Morgan fingerprint density at radius 1 is 1.00 bits per heavy atom. The first-order valence-corrected chi connectivity index (χ1v) is 7.18. The first-order valence-electron chi connectivity index (χ1n) is 6.23. The molecule has 1 unspecified atom stereocenters. The average molecular weight is 269 g/mol. The molecule has 0 radical (unpaired) electrons. The Morgan fingerprint density at radius 3 is 2.47 bits per heavy atom. The van der Waals surface area contributed by atoms with E-state index in [9.17, 15) is 0 Å². The predicted octanol–water partition coefficient (Wildman–Crippen LogP) is 4.68. The quantitative estimate of drug-likeness (QED) is 0.874. The Kier molecular flexibility index (Phi) is 3.47. The summed E-state index contributed by atoms with van der Waals surface area (Å²) in [6.45, 7) is 2.08. The van der Waals surface area contributed by atoms with Crippen molar-refractivity contribution in [2.45, 2.75) is 12.3 Å². The third-order valence-corrected chi connectivity index (χ3v) is 4.05. The molecule has 0 saturated carbocycles. The SMILES string of the molecule is CC1=CSC(c2ccccc2Oc2ccccc2)N1. The molecule has 0 spiro atoms. The summed E-state index contributed by atoms with van der Waals surface area (Å²) in [5.41, 5.74) is 2.37. The molecule has 1 atom stereocenters. The standard InChI is InChI=1S/C16H15NOS/c1-12-11-19-16(17-12)14-9-5-6-10-15(14)18-13-7-3-2-4-8-13/h2-11,16-17H,1H3. The van der Waals surface area contributed by atoms with Gasteiger partial charge in [-0.2, -0.15) is 0 Å². The molecule has 19 heavy (non-hydrogen) atoms. The maximum absolute atomic E-state index is 5.98. The highest BCUT2D eigenvalue weighted by Crippen LogP contribution is 2.39. The Labute approximate surface area is 117 Å². The minimum absolute atomic E-state index is 0.236. The molecule has 0 bridgehead atoms. The first kappa shape index (κ1) is 12.2. The van der Waals surface area contributed by atoms with E-state index in [1.165, 1.54) is 11.3 Å². The molecule has 1 N–H and O–H groups in total.